The zero-order valence-electron chi connectivity index (χ0n) is 9.18. The van der Waals surface area contributed by atoms with Crippen LogP contribution >= 0.6 is 15.9 Å². The third-order valence-corrected chi connectivity index (χ3v) is 2.31. The summed E-state index contributed by atoms with van der Waals surface area (Å²) in [5, 5.41) is 2.99. The summed E-state index contributed by atoms with van der Waals surface area (Å²) in [6.45, 7) is 2.56. The largest absolute Gasteiger partial charge is 0.392 e. The molecule has 0 aliphatic heterocycles. The summed E-state index contributed by atoms with van der Waals surface area (Å²) in [5.74, 6) is 0.578. The Hall–Kier alpha value is -1.04. The van der Waals surface area contributed by atoms with Gasteiger partial charge in [-0.2, -0.15) is 13.2 Å². The third-order valence-electron chi connectivity index (χ3n) is 1.87. The molecular formula is C11H12BrF3N2. The Bertz CT molecular complexity index is 402. The van der Waals surface area contributed by atoms with Crippen molar-refractivity contribution in [3.63, 3.8) is 0 Å². The standard InChI is InChI=1S/C11H12BrF3N2/c1-2-16-10-8(6-9(12)7-17-10)4-3-5-11(13,14)15/h3-4,6-7H,2,5H2,1H3,(H,16,17)/b4-3-. The van der Waals surface area contributed by atoms with E-state index in [1.165, 1.54) is 6.08 Å². The van der Waals surface area contributed by atoms with Gasteiger partial charge in [0, 0.05) is 22.8 Å². The fourth-order valence-electron chi connectivity index (χ4n) is 1.22. The van der Waals surface area contributed by atoms with Gasteiger partial charge in [0.05, 0.1) is 6.42 Å². The normalized spacial score (nSPS) is 12.1. The maximum Gasteiger partial charge on any atom is 0.392 e. The molecule has 1 aromatic heterocycles. The van der Waals surface area contributed by atoms with E-state index in [0.29, 0.717) is 17.9 Å². The summed E-state index contributed by atoms with van der Waals surface area (Å²) in [4.78, 5) is 4.09. The van der Waals surface area contributed by atoms with Crippen molar-refractivity contribution in [3.8, 4) is 0 Å². The molecule has 0 fully saturated rings. The van der Waals surface area contributed by atoms with E-state index in [-0.39, 0.29) is 0 Å². The van der Waals surface area contributed by atoms with Gasteiger partial charge < -0.3 is 5.32 Å². The molecule has 17 heavy (non-hydrogen) atoms. The Morgan fingerprint density at radius 3 is 2.76 bits per heavy atom. The van der Waals surface area contributed by atoms with Crippen molar-refractivity contribution < 1.29 is 13.2 Å². The van der Waals surface area contributed by atoms with Crippen LogP contribution in [0.1, 0.15) is 18.9 Å². The molecule has 0 saturated heterocycles. The van der Waals surface area contributed by atoms with Crippen molar-refractivity contribution in [3.05, 3.63) is 28.4 Å². The number of nitrogens with one attached hydrogen (secondary N) is 1. The average Bonchev–Trinajstić information content (AvgIpc) is 2.20. The van der Waals surface area contributed by atoms with Gasteiger partial charge in [-0.3, -0.25) is 0 Å². The molecule has 0 bridgehead atoms. The maximum atomic E-state index is 12.0. The molecule has 0 atom stereocenters. The summed E-state index contributed by atoms with van der Waals surface area (Å²) >= 11 is 3.23. The Balaban J connectivity index is 2.84. The van der Waals surface area contributed by atoms with Crippen LogP contribution in [0, 0.1) is 0 Å². The van der Waals surface area contributed by atoms with Gasteiger partial charge in [0.25, 0.3) is 0 Å². The highest BCUT2D eigenvalue weighted by molar-refractivity contribution is 9.10. The number of hydrogen-bond acceptors (Lipinski definition) is 2. The number of alkyl halides is 3. The Morgan fingerprint density at radius 1 is 1.47 bits per heavy atom. The predicted molar refractivity (Wildman–Crippen MR) is 65.8 cm³/mol. The van der Waals surface area contributed by atoms with Gasteiger partial charge in [0.2, 0.25) is 0 Å². The molecule has 1 N–H and O–H groups in total. The van der Waals surface area contributed by atoms with Crippen molar-refractivity contribution in [1.82, 2.24) is 4.98 Å². The second-order valence-corrected chi connectivity index (χ2v) is 4.26. The minimum atomic E-state index is -4.17. The number of pyridine rings is 1. The van der Waals surface area contributed by atoms with E-state index in [4.69, 9.17) is 0 Å². The lowest BCUT2D eigenvalue weighted by Gasteiger charge is -2.07. The van der Waals surface area contributed by atoms with Crippen LogP contribution in [0.3, 0.4) is 0 Å². The summed E-state index contributed by atoms with van der Waals surface area (Å²) in [5.41, 5.74) is 0.630. The molecular weight excluding hydrogens is 297 g/mol. The Labute approximate surface area is 106 Å². The first-order valence-electron chi connectivity index (χ1n) is 5.05. The molecule has 0 spiro atoms. The van der Waals surface area contributed by atoms with E-state index in [1.54, 1.807) is 12.3 Å². The van der Waals surface area contributed by atoms with Crippen LogP contribution < -0.4 is 5.32 Å². The number of rotatable bonds is 4. The SMILES string of the molecule is CCNc1ncc(Br)cc1/C=C\CC(F)(F)F. The van der Waals surface area contributed by atoms with Gasteiger partial charge in [-0.1, -0.05) is 12.2 Å². The first-order chi connectivity index (χ1) is 7.92. The minimum absolute atomic E-state index is 0.578. The topological polar surface area (TPSA) is 24.9 Å². The molecule has 0 aromatic carbocycles. The van der Waals surface area contributed by atoms with Crippen LogP contribution in [0.2, 0.25) is 0 Å². The van der Waals surface area contributed by atoms with Gasteiger partial charge >= 0.3 is 6.18 Å². The first-order valence-corrected chi connectivity index (χ1v) is 5.84. The molecule has 2 nitrogen and oxygen atoms in total. The Kier molecular flexibility index (Phi) is 4.99. The summed E-state index contributed by atoms with van der Waals surface area (Å²) in [6, 6.07) is 1.72. The number of halogens is 4. The summed E-state index contributed by atoms with van der Waals surface area (Å²) in [6.07, 6.45) is -1.01. The van der Waals surface area contributed by atoms with Crippen LogP contribution in [0.4, 0.5) is 19.0 Å². The summed E-state index contributed by atoms with van der Waals surface area (Å²) < 4.78 is 36.7. The van der Waals surface area contributed by atoms with Crippen molar-refractivity contribution in [2.45, 2.75) is 19.5 Å². The minimum Gasteiger partial charge on any atom is -0.370 e. The fraction of sp³-hybridized carbons (Fsp3) is 0.364. The van der Waals surface area contributed by atoms with Crippen LogP contribution in [0.25, 0.3) is 6.08 Å². The third kappa shape index (κ3) is 5.21. The molecule has 6 heteroatoms. The molecule has 0 radical (unpaired) electrons. The average molecular weight is 309 g/mol. The highest BCUT2D eigenvalue weighted by atomic mass is 79.9. The number of aromatic nitrogens is 1. The van der Waals surface area contributed by atoms with E-state index in [1.807, 2.05) is 6.92 Å². The fourth-order valence-corrected chi connectivity index (χ4v) is 1.57. The molecule has 0 amide bonds. The van der Waals surface area contributed by atoms with Crippen molar-refractivity contribution in [2.75, 3.05) is 11.9 Å². The van der Waals surface area contributed by atoms with Crippen LogP contribution in [0.5, 0.6) is 0 Å². The van der Waals surface area contributed by atoms with E-state index in [0.717, 1.165) is 10.5 Å². The second-order valence-electron chi connectivity index (χ2n) is 3.34. The second kappa shape index (κ2) is 6.05. The lowest BCUT2D eigenvalue weighted by atomic mass is 10.2. The molecule has 0 unspecified atom stereocenters. The molecule has 0 saturated carbocycles. The van der Waals surface area contributed by atoms with Crippen molar-refractivity contribution >= 4 is 27.8 Å². The van der Waals surface area contributed by atoms with Gasteiger partial charge in [-0.05, 0) is 28.9 Å². The summed E-state index contributed by atoms with van der Waals surface area (Å²) in [7, 11) is 0. The molecule has 1 rings (SSSR count). The highest BCUT2D eigenvalue weighted by Gasteiger charge is 2.24. The lowest BCUT2D eigenvalue weighted by molar-refractivity contribution is -0.124. The quantitative estimate of drug-likeness (QED) is 0.900. The number of hydrogen-bond donors (Lipinski definition) is 1. The lowest BCUT2D eigenvalue weighted by Crippen LogP contribution is -2.04. The smallest absolute Gasteiger partial charge is 0.370 e. The van der Waals surface area contributed by atoms with Crippen molar-refractivity contribution in [1.29, 1.82) is 0 Å². The van der Waals surface area contributed by atoms with Gasteiger partial charge in [-0.25, -0.2) is 4.98 Å². The monoisotopic (exact) mass is 308 g/mol. The number of anilines is 1. The van der Waals surface area contributed by atoms with Crippen LogP contribution in [0.15, 0.2) is 22.8 Å². The van der Waals surface area contributed by atoms with Gasteiger partial charge in [0.15, 0.2) is 0 Å². The zero-order chi connectivity index (χ0) is 12.9. The molecule has 1 heterocycles. The molecule has 1 aromatic rings. The van der Waals surface area contributed by atoms with E-state index in [2.05, 4.69) is 26.2 Å². The van der Waals surface area contributed by atoms with E-state index in [9.17, 15) is 13.2 Å². The molecule has 0 aliphatic rings. The van der Waals surface area contributed by atoms with Gasteiger partial charge in [0.1, 0.15) is 5.82 Å². The predicted octanol–water partition coefficient (Wildman–Crippen LogP) is 4.24. The number of allylic oxidation sites excluding steroid dienone is 1. The zero-order valence-corrected chi connectivity index (χ0v) is 10.8. The van der Waals surface area contributed by atoms with E-state index < -0.39 is 12.6 Å². The molecule has 94 valence electrons. The van der Waals surface area contributed by atoms with Crippen molar-refractivity contribution in [2.24, 2.45) is 0 Å². The first kappa shape index (κ1) is 14.0. The molecule has 0 aliphatic carbocycles. The van der Waals surface area contributed by atoms with Crippen LogP contribution in [-0.4, -0.2) is 17.7 Å². The number of nitrogens with zero attached hydrogens (tertiary/aromatic N) is 1. The Morgan fingerprint density at radius 2 is 2.18 bits per heavy atom. The maximum absolute atomic E-state index is 12.0. The highest BCUT2D eigenvalue weighted by Crippen LogP contribution is 2.23. The van der Waals surface area contributed by atoms with Crippen LogP contribution in [-0.2, 0) is 0 Å². The van der Waals surface area contributed by atoms with E-state index >= 15 is 0 Å². The van der Waals surface area contributed by atoms with Gasteiger partial charge in [-0.15, -0.1) is 0 Å².